The van der Waals surface area contributed by atoms with Gasteiger partial charge < -0.3 is 4.90 Å². The first-order chi connectivity index (χ1) is 8.10. The monoisotopic (exact) mass is 363 g/mol. The standard InChI is InChI=1S/C12H12Br2FNO/c1-2-7-3-4-8-10(16(7)6-17)5-9(13)12(15)11(8)14/h5-7H,2-4H2,1H3/t7-/m1/s1. The number of carbonyl (C=O) groups excluding carboxylic acids is 1. The summed E-state index contributed by atoms with van der Waals surface area (Å²) in [5.41, 5.74) is 1.68. The van der Waals surface area contributed by atoms with Gasteiger partial charge in [-0.1, -0.05) is 6.92 Å². The van der Waals surface area contributed by atoms with E-state index in [9.17, 15) is 9.18 Å². The van der Waals surface area contributed by atoms with Gasteiger partial charge in [0.05, 0.1) is 8.95 Å². The highest BCUT2D eigenvalue weighted by Crippen LogP contribution is 2.40. The Balaban J connectivity index is 2.58. The first-order valence-corrected chi connectivity index (χ1v) is 7.08. The molecule has 17 heavy (non-hydrogen) atoms. The van der Waals surface area contributed by atoms with Crippen LogP contribution < -0.4 is 4.90 Å². The Hall–Kier alpha value is -0.420. The van der Waals surface area contributed by atoms with Gasteiger partial charge in [0.15, 0.2) is 5.82 Å². The largest absolute Gasteiger partial charge is 0.312 e. The molecule has 1 aromatic carbocycles. The number of fused-ring (bicyclic) bond motifs is 1. The van der Waals surface area contributed by atoms with E-state index in [0.29, 0.717) is 8.95 Å². The van der Waals surface area contributed by atoms with Gasteiger partial charge in [-0.2, -0.15) is 0 Å². The van der Waals surface area contributed by atoms with Crippen LogP contribution in [0.4, 0.5) is 10.1 Å². The van der Waals surface area contributed by atoms with Crippen molar-refractivity contribution in [2.45, 2.75) is 32.2 Å². The molecule has 0 aromatic heterocycles. The molecule has 1 atom stereocenters. The zero-order valence-electron chi connectivity index (χ0n) is 9.34. The third kappa shape index (κ3) is 2.15. The second-order valence-corrected chi connectivity index (χ2v) is 5.74. The second kappa shape index (κ2) is 5.06. The van der Waals surface area contributed by atoms with E-state index in [-0.39, 0.29) is 11.9 Å². The molecule has 2 nitrogen and oxygen atoms in total. The smallest absolute Gasteiger partial charge is 0.214 e. The van der Waals surface area contributed by atoms with E-state index in [1.807, 2.05) is 0 Å². The molecule has 0 radical (unpaired) electrons. The van der Waals surface area contributed by atoms with Gasteiger partial charge in [-0.25, -0.2) is 4.39 Å². The van der Waals surface area contributed by atoms with E-state index in [1.165, 1.54) is 0 Å². The molecule has 1 amide bonds. The number of halogens is 3. The lowest BCUT2D eigenvalue weighted by molar-refractivity contribution is -0.108. The molecule has 0 aliphatic carbocycles. The van der Waals surface area contributed by atoms with Crippen molar-refractivity contribution in [2.24, 2.45) is 0 Å². The van der Waals surface area contributed by atoms with Gasteiger partial charge in [0, 0.05) is 11.7 Å². The van der Waals surface area contributed by atoms with Gasteiger partial charge in [0.1, 0.15) is 0 Å². The van der Waals surface area contributed by atoms with Crippen molar-refractivity contribution in [3.8, 4) is 0 Å². The van der Waals surface area contributed by atoms with E-state index in [4.69, 9.17) is 0 Å². The average Bonchev–Trinajstić information content (AvgIpc) is 2.34. The molecular formula is C12H12Br2FNO. The molecule has 0 fully saturated rings. The van der Waals surface area contributed by atoms with Crippen LogP contribution in [-0.4, -0.2) is 12.5 Å². The third-order valence-electron chi connectivity index (χ3n) is 3.22. The van der Waals surface area contributed by atoms with Crippen molar-refractivity contribution in [1.82, 2.24) is 0 Å². The quantitative estimate of drug-likeness (QED) is 0.573. The van der Waals surface area contributed by atoms with E-state index < -0.39 is 0 Å². The van der Waals surface area contributed by atoms with Gasteiger partial charge in [0.2, 0.25) is 6.41 Å². The normalized spacial score (nSPS) is 19.1. The molecule has 0 saturated carbocycles. The number of benzene rings is 1. The number of rotatable bonds is 2. The van der Waals surface area contributed by atoms with Gasteiger partial charge in [0.25, 0.3) is 0 Å². The summed E-state index contributed by atoms with van der Waals surface area (Å²) >= 11 is 6.44. The van der Waals surface area contributed by atoms with Crippen LogP contribution in [0.2, 0.25) is 0 Å². The number of amides is 1. The van der Waals surface area contributed by atoms with Gasteiger partial charge in [-0.15, -0.1) is 0 Å². The molecule has 1 heterocycles. The van der Waals surface area contributed by atoms with Gasteiger partial charge in [-0.3, -0.25) is 4.79 Å². The Bertz CT molecular complexity index is 464. The molecule has 1 aliphatic heterocycles. The van der Waals surface area contributed by atoms with E-state index in [0.717, 1.165) is 36.9 Å². The van der Waals surface area contributed by atoms with Crippen LogP contribution in [0, 0.1) is 5.82 Å². The van der Waals surface area contributed by atoms with Gasteiger partial charge in [-0.05, 0) is 62.8 Å². The number of anilines is 1. The summed E-state index contributed by atoms with van der Waals surface area (Å²) in [5.74, 6) is -0.301. The molecule has 5 heteroatoms. The summed E-state index contributed by atoms with van der Waals surface area (Å²) in [6.07, 6.45) is 3.42. The third-order valence-corrected chi connectivity index (χ3v) is 4.63. The fraction of sp³-hybridized carbons (Fsp3) is 0.417. The Kier molecular flexibility index (Phi) is 3.88. The maximum Gasteiger partial charge on any atom is 0.214 e. The van der Waals surface area contributed by atoms with Crippen molar-refractivity contribution in [1.29, 1.82) is 0 Å². The lowest BCUT2D eigenvalue weighted by Crippen LogP contribution is -2.38. The predicted molar refractivity (Wildman–Crippen MR) is 72.7 cm³/mol. The molecule has 92 valence electrons. The number of nitrogens with zero attached hydrogens (tertiary/aromatic N) is 1. The van der Waals surface area contributed by atoms with Crippen molar-refractivity contribution in [3.63, 3.8) is 0 Å². The SMILES string of the molecule is CC[C@@H]1CCc2c(cc(Br)c(F)c2Br)N1C=O. The Morgan fingerprint density at radius 2 is 2.29 bits per heavy atom. The highest BCUT2D eigenvalue weighted by Gasteiger charge is 2.28. The highest BCUT2D eigenvalue weighted by molar-refractivity contribution is 9.11. The van der Waals surface area contributed by atoms with Crippen LogP contribution in [-0.2, 0) is 11.2 Å². The molecule has 1 aliphatic rings. The Labute approximate surface area is 116 Å². The number of hydrogen-bond acceptors (Lipinski definition) is 1. The second-order valence-electron chi connectivity index (χ2n) is 4.10. The molecule has 0 saturated heterocycles. The zero-order chi connectivity index (χ0) is 12.6. The molecule has 2 rings (SSSR count). The number of carbonyl (C=O) groups is 1. The summed E-state index contributed by atoms with van der Waals surface area (Å²) < 4.78 is 14.6. The molecule has 0 bridgehead atoms. The average molecular weight is 365 g/mol. The molecular weight excluding hydrogens is 353 g/mol. The molecule has 0 unspecified atom stereocenters. The minimum Gasteiger partial charge on any atom is -0.312 e. The van der Waals surface area contributed by atoms with E-state index in [1.54, 1.807) is 11.0 Å². The van der Waals surface area contributed by atoms with Crippen LogP contribution in [0.3, 0.4) is 0 Å². The fourth-order valence-electron chi connectivity index (χ4n) is 2.28. The van der Waals surface area contributed by atoms with Crippen LogP contribution in [0.5, 0.6) is 0 Å². The van der Waals surface area contributed by atoms with Crippen LogP contribution in [0.25, 0.3) is 0 Å². The first kappa shape index (κ1) is 13.0. The molecule has 0 N–H and O–H groups in total. The van der Waals surface area contributed by atoms with E-state index in [2.05, 4.69) is 38.8 Å². The Morgan fingerprint density at radius 3 is 2.88 bits per heavy atom. The summed E-state index contributed by atoms with van der Waals surface area (Å²) in [6.45, 7) is 2.06. The fourth-order valence-corrected chi connectivity index (χ4v) is 3.57. The highest BCUT2D eigenvalue weighted by atomic mass is 79.9. The summed E-state index contributed by atoms with van der Waals surface area (Å²) in [7, 11) is 0. The van der Waals surface area contributed by atoms with Crippen molar-refractivity contribution < 1.29 is 9.18 Å². The lowest BCUT2D eigenvalue weighted by atomic mass is 9.95. The minimum atomic E-state index is -0.301. The number of hydrogen-bond donors (Lipinski definition) is 0. The van der Waals surface area contributed by atoms with Gasteiger partial charge >= 0.3 is 0 Å². The maximum atomic E-state index is 13.7. The maximum absolute atomic E-state index is 13.7. The first-order valence-electron chi connectivity index (χ1n) is 5.50. The topological polar surface area (TPSA) is 20.3 Å². The zero-order valence-corrected chi connectivity index (χ0v) is 12.5. The van der Waals surface area contributed by atoms with Crippen LogP contribution in [0.15, 0.2) is 15.0 Å². The minimum absolute atomic E-state index is 0.212. The summed E-state index contributed by atoms with van der Waals surface area (Å²) in [4.78, 5) is 12.9. The van der Waals surface area contributed by atoms with Crippen LogP contribution in [0.1, 0.15) is 25.3 Å². The van der Waals surface area contributed by atoms with E-state index >= 15 is 0 Å². The van der Waals surface area contributed by atoms with Crippen molar-refractivity contribution >= 4 is 44.0 Å². The van der Waals surface area contributed by atoms with Crippen LogP contribution >= 0.6 is 31.9 Å². The summed E-state index contributed by atoms with van der Waals surface area (Å²) in [5, 5.41) is 0. The van der Waals surface area contributed by atoms with Crippen molar-refractivity contribution in [2.75, 3.05) is 4.90 Å². The van der Waals surface area contributed by atoms with Crippen molar-refractivity contribution in [3.05, 3.63) is 26.4 Å². The Morgan fingerprint density at radius 1 is 1.59 bits per heavy atom. The molecule has 1 aromatic rings. The summed E-state index contributed by atoms with van der Waals surface area (Å²) in [6, 6.07) is 1.90. The lowest BCUT2D eigenvalue weighted by Gasteiger charge is -2.34. The predicted octanol–water partition coefficient (Wildman–Crippen LogP) is 4.04. The molecule has 0 spiro atoms.